The van der Waals surface area contributed by atoms with Crippen LogP contribution in [0.1, 0.15) is 27.4 Å². The Labute approximate surface area is 154 Å². The van der Waals surface area contributed by atoms with Crippen molar-refractivity contribution in [2.75, 3.05) is 4.90 Å². The molecule has 2 aromatic carbocycles. The fourth-order valence-electron chi connectivity index (χ4n) is 3.18. The summed E-state index contributed by atoms with van der Waals surface area (Å²) in [7, 11) is 0. The fraction of sp³-hybridized carbons (Fsp3) is 0.158. The van der Waals surface area contributed by atoms with Crippen molar-refractivity contribution >= 4 is 29.0 Å². The number of carbonyl (C=O) groups excluding carboxylic acids is 2. The second-order valence-corrected chi connectivity index (χ2v) is 6.59. The van der Waals surface area contributed by atoms with Crippen LogP contribution in [0.3, 0.4) is 0 Å². The molecule has 1 aliphatic heterocycles. The average Bonchev–Trinajstić information content (AvgIpc) is 3.15. The number of Topliss-reactive ketones (excluding diaryl/α,β-unsaturated/α-hetero) is 1. The van der Waals surface area contributed by atoms with Gasteiger partial charge in [0.1, 0.15) is 6.54 Å². The Bertz CT molecular complexity index is 1060. The van der Waals surface area contributed by atoms with Gasteiger partial charge in [-0.3, -0.25) is 14.5 Å². The highest BCUT2D eigenvalue weighted by Crippen LogP contribution is 2.35. The summed E-state index contributed by atoms with van der Waals surface area (Å²) in [5.41, 5.74) is 3.42. The monoisotopic (exact) mass is 367 g/mol. The molecule has 0 spiro atoms. The van der Waals surface area contributed by atoms with Gasteiger partial charge in [-0.2, -0.15) is 0 Å². The van der Waals surface area contributed by atoms with E-state index in [9.17, 15) is 9.59 Å². The molecule has 6 nitrogen and oxygen atoms in total. The molecule has 0 bridgehead atoms. The van der Waals surface area contributed by atoms with E-state index in [1.54, 1.807) is 24.3 Å². The maximum absolute atomic E-state index is 12.4. The number of hydrogen-bond donors (Lipinski definition) is 0. The summed E-state index contributed by atoms with van der Waals surface area (Å²) in [6.07, 6.45) is 0. The van der Waals surface area contributed by atoms with Crippen LogP contribution >= 0.6 is 11.6 Å². The van der Waals surface area contributed by atoms with Crippen molar-refractivity contribution in [2.24, 2.45) is 0 Å². The molecule has 4 rings (SSSR count). The smallest absolute Gasteiger partial charge is 0.299 e. The SMILES string of the molecule is Cc1cc(C)c2c(c1)C(=O)C(=O)N2Cc1nnc(-c2ccccc2Cl)o1. The number of nitrogens with zero attached hydrogens (tertiary/aromatic N) is 3. The number of benzene rings is 2. The number of amides is 1. The minimum atomic E-state index is -0.591. The second kappa shape index (κ2) is 6.07. The van der Waals surface area contributed by atoms with E-state index >= 15 is 0 Å². The first-order valence-corrected chi connectivity index (χ1v) is 8.38. The van der Waals surface area contributed by atoms with E-state index in [0.29, 0.717) is 21.8 Å². The third-order valence-corrected chi connectivity index (χ3v) is 4.59. The van der Waals surface area contributed by atoms with E-state index < -0.39 is 11.7 Å². The third-order valence-electron chi connectivity index (χ3n) is 4.26. The normalized spacial score (nSPS) is 13.4. The first-order valence-electron chi connectivity index (χ1n) is 8.00. The van der Waals surface area contributed by atoms with Crippen molar-refractivity contribution < 1.29 is 14.0 Å². The van der Waals surface area contributed by atoms with E-state index in [-0.39, 0.29) is 18.3 Å². The molecule has 0 N–H and O–H groups in total. The summed E-state index contributed by atoms with van der Waals surface area (Å²) in [4.78, 5) is 26.1. The van der Waals surface area contributed by atoms with Gasteiger partial charge in [0.15, 0.2) is 0 Å². The Kier molecular flexibility index (Phi) is 3.85. The molecule has 1 aromatic heterocycles. The van der Waals surface area contributed by atoms with Gasteiger partial charge in [-0.05, 0) is 43.2 Å². The van der Waals surface area contributed by atoms with Crippen LogP contribution in [-0.2, 0) is 11.3 Å². The summed E-state index contributed by atoms with van der Waals surface area (Å²) in [6, 6.07) is 10.8. The predicted octanol–water partition coefficient (Wildman–Crippen LogP) is 3.74. The minimum absolute atomic E-state index is 0.0267. The van der Waals surface area contributed by atoms with E-state index in [0.717, 1.165) is 11.1 Å². The lowest BCUT2D eigenvalue weighted by atomic mass is 10.0. The quantitative estimate of drug-likeness (QED) is 0.659. The number of aryl methyl sites for hydroxylation is 2. The van der Waals surface area contributed by atoms with Crippen LogP contribution in [0.25, 0.3) is 11.5 Å². The maximum atomic E-state index is 12.4. The molecule has 0 fully saturated rings. The lowest BCUT2D eigenvalue weighted by Crippen LogP contribution is -2.29. The molecule has 1 aliphatic rings. The van der Waals surface area contributed by atoms with Crippen molar-refractivity contribution in [1.82, 2.24) is 10.2 Å². The standard InChI is InChI=1S/C19H14ClN3O3/c1-10-7-11(2)16-13(8-10)17(24)19(25)23(16)9-15-21-22-18(26-15)12-5-3-4-6-14(12)20/h3-8H,9H2,1-2H3. The summed E-state index contributed by atoms with van der Waals surface area (Å²) >= 11 is 6.15. The number of aromatic nitrogens is 2. The number of ketones is 1. The van der Waals surface area contributed by atoms with Gasteiger partial charge >= 0.3 is 0 Å². The summed E-state index contributed by atoms with van der Waals surface area (Å²) in [5, 5.41) is 8.49. The van der Waals surface area contributed by atoms with Gasteiger partial charge in [-0.25, -0.2) is 0 Å². The Balaban J connectivity index is 1.69. The zero-order valence-corrected chi connectivity index (χ0v) is 14.9. The summed E-state index contributed by atoms with van der Waals surface area (Å²) in [6.45, 7) is 3.79. The fourth-order valence-corrected chi connectivity index (χ4v) is 3.39. The molecule has 0 saturated carbocycles. The number of rotatable bonds is 3. The van der Waals surface area contributed by atoms with Crippen molar-refractivity contribution in [3.8, 4) is 11.5 Å². The van der Waals surface area contributed by atoms with E-state index in [1.165, 1.54) is 4.90 Å². The van der Waals surface area contributed by atoms with Crippen LogP contribution in [0.2, 0.25) is 5.02 Å². The topological polar surface area (TPSA) is 76.3 Å². The molecule has 7 heteroatoms. The first kappa shape index (κ1) is 16.5. The number of fused-ring (bicyclic) bond motifs is 1. The summed E-state index contributed by atoms with van der Waals surface area (Å²) < 4.78 is 5.66. The van der Waals surface area contributed by atoms with Gasteiger partial charge in [0.25, 0.3) is 11.7 Å². The third kappa shape index (κ3) is 2.59. The van der Waals surface area contributed by atoms with E-state index in [4.69, 9.17) is 16.0 Å². The zero-order chi connectivity index (χ0) is 18.4. The van der Waals surface area contributed by atoms with Crippen molar-refractivity contribution in [2.45, 2.75) is 20.4 Å². The predicted molar refractivity (Wildman–Crippen MR) is 96.2 cm³/mol. The number of hydrogen-bond acceptors (Lipinski definition) is 5. The first-order chi connectivity index (χ1) is 12.5. The lowest BCUT2D eigenvalue weighted by Gasteiger charge is -2.16. The van der Waals surface area contributed by atoms with Crippen molar-refractivity contribution in [3.05, 3.63) is 64.0 Å². The maximum Gasteiger partial charge on any atom is 0.299 e. The highest BCUT2D eigenvalue weighted by atomic mass is 35.5. The van der Waals surface area contributed by atoms with Crippen LogP contribution in [0.5, 0.6) is 0 Å². The molecule has 26 heavy (non-hydrogen) atoms. The van der Waals surface area contributed by atoms with Gasteiger partial charge in [-0.1, -0.05) is 29.8 Å². The highest BCUT2D eigenvalue weighted by Gasteiger charge is 2.38. The van der Waals surface area contributed by atoms with Gasteiger partial charge in [0.05, 0.1) is 21.8 Å². The minimum Gasteiger partial charge on any atom is -0.419 e. The number of halogens is 1. The molecule has 0 aliphatic carbocycles. The molecule has 0 radical (unpaired) electrons. The van der Waals surface area contributed by atoms with Crippen LogP contribution in [0, 0.1) is 13.8 Å². The lowest BCUT2D eigenvalue weighted by molar-refractivity contribution is -0.114. The molecule has 0 unspecified atom stereocenters. The van der Waals surface area contributed by atoms with Crippen molar-refractivity contribution in [1.29, 1.82) is 0 Å². The molecule has 0 saturated heterocycles. The van der Waals surface area contributed by atoms with E-state index in [1.807, 2.05) is 26.0 Å². The van der Waals surface area contributed by atoms with Gasteiger partial charge in [0, 0.05) is 0 Å². The second-order valence-electron chi connectivity index (χ2n) is 6.18. The van der Waals surface area contributed by atoms with E-state index in [2.05, 4.69) is 10.2 Å². The average molecular weight is 368 g/mol. The molecular weight excluding hydrogens is 354 g/mol. The number of carbonyl (C=O) groups is 2. The number of anilines is 1. The Morgan fingerprint density at radius 2 is 1.85 bits per heavy atom. The Morgan fingerprint density at radius 1 is 1.08 bits per heavy atom. The Morgan fingerprint density at radius 3 is 2.62 bits per heavy atom. The summed E-state index contributed by atoms with van der Waals surface area (Å²) in [5.74, 6) is -0.609. The zero-order valence-electron chi connectivity index (χ0n) is 14.1. The molecule has 2 heterocycles. The van der Waals surface area contributed by atoms with Gasteiger partial charge in [0.2, 0.25) is 11.8 Å². The van der Waals surface area contributed by atoms with Crippen molar-refractivity contribution in [3.63, 3.8) is 0 Å². The molecule has 3 aromatic rings. The molecular formula is C19H14ClN3O3. The van der Waals surface area contributed by atoms with Gasteiger partial charge < -0.3 is 4.42 Å². The Hall–Kier alpha value is -2.99. The van der Waals surface area contributed by atoms with Crippen LogP contribution in [0.15, 0.2) is 40.8 Å². The van der Waals surface area contributed by atoms with Gasteiger partial charge in [-0.15, -0.1) is 10.2 Å². The highest BCUT2D eigenvalue weighted by molar-refractivity contribution is 6.52. The molecule has 130 valence electrons. The van der Waals surface area contributed by atoms with Crippen LogP contribution in [0.4, 0.5) is 5.69 Å². The van der Waals surface area contributed by atoms with Crippen LogP contribution in [-0.4, -0.2) is 21.9 Å². The largest absolute Gasteiger partial charge is 0.419 e. The van der Waals surface area contributed by atoms with Crippen LogP contribution < -0.4 is 4.90 Å². The molecule has 1 amide bonds. The molecule has 0 atom stereocenters.